The van der Waals surface area contributed by atoms with Crippen LogP contribution in [0.3, 0.4) is 0 Å². The third-order valence-electron chi connectivity index (χ3n) is 6.17. The summed E-state index contributed by atoms with van der Waals surface area (Å²) in [7, 11) is 0. The maximum atomic E-state index is 12.9. The molecule has 3 aliphatic rings. The molecule has 1 heterocycles. The van der Waals surface area contributed by atoms with Crippen molar-refractivity contribution in [2.24, 2.45) is 17.3 Å². The molecule has 3 fully saturated rings. The van der Waals surface area contributed by atoms with Crippen molar-refractivity contribution in [2.45, 2.75) is 70.5 Å². The van der Waals surface area contributed by atoms with Crippen LogP contribution in [0.25, 0.3) is 0 Å². The van der Waals surface area contributed by atoms with Crippen LogP contribution in [0.4, 0.5) is 0 Å². The first-order valence-corrected chi connectivity index (χ1v) is 7.53. The van der Waals surface area contributed by atoms with Gasteiger partial charge in [-0.1, -0.05) is 6.92 Å². The molecular weight excluding hydrogens is 240 g/mol. The Labute approximate surface area is 115 Å². The molecule has 106 valence electrons. The maximum Gasteiger partial charge on any atom is 0.168 e. The number of Topliss-reactive ketones (excluding diaryl/α,β-unsaturated/α-hetero) is 1. The molecule has 0 radical (unpaired) electrons. The fraction of sp³-hybridized carbons (Fsp3) is 0.875. The van der Waals surface area contributed by atoms with E-state index in [1.165, 1.54) is 0 Å². The first-order chi connectivity index (χ1) is 8.85. The third kappa shape index (κ3) is 1.60. The highest BCUT2D eigenvalue weighted by molar-refractivity contribution is 5.93. The summed E-state index contributed by atoms with van der Waals surface area (Å²) in [6.45, 7) is 6.46. The predicted molar refractivity (Wildman–Crippen MR) is 71.8 cm³/mol. The van der Waals surface area contributed by atoms with Gasteiger partial charge in [0.05, 0.1) is 5.60 Å². The SMILES string of the molecule is CC1(C)O[C@]23CC1CC[C@]2(C)CC[C@@H](CC=O)C3=O. The van der Waals surface area contributed by atoms with E-state index in [1.54, 1.807) is 0 Å². The number of ether oxygens (including phenoxy) is 1. The number of carbonyl (C=O) groups excluding carboxylic acids is 2. The second-order valence-corrected chi connectivity index (χ2v) is 7.54. The van der Waals surface area contributed by atoms with Crippen LogP contribution >= 0.6 is 0 Å². The quantitative estimate of drug-likeness (QED) is 0.720. The average Bonchev–Trinajstić information content (AvgIpc) is 2.58. The van der Waals surface area contributed by atoms with Gasteiger partial charge in [0.1, 0.15) is 11.9 Å². The summed E-state index contributed by atoms with van der Waals surface area (Å²) in [4.78, 5) is 23.7. The minimum Gasteiger partial charge on any atom is -0.360 e. The summed E-state index contributed by atoms with van der Waals surface area (Å²) in [5.74, 6) is 0.585. The number of ketones is 1. The van der Waals surface area contributed by atoms with Gasteiger partial charge in [0, 0.05) is 17.8 Å². The average molecular weight is 264 g/mol. The summed E-state index contributed by atoms with van der Waals surface area (Å²) >= 11 is 0. The molecule has 3 heteroatoms. The van der Waals surface area contributed by atoms with Crippen LogP contribution in [0.5, 0.6) is 0 Å². The second kappa shape index (κ2) is 3.91. The van der Waals surface area contributed by atoms with Gasteiger partial charge in [-0.05, 0) is 51.9 Å². The fourth-order valence-electron chi connectivity index (χ4n) is 4.75. The fourth-order valence-corrected chi connectivity index (χ4v) is 4.75. The molecule has 0 N–H and O–H groups in total. The normalized spacial score (nSPS) is 47.8. The highest BCUT2D eigenvalue weighted by atomic mass is 16.5. The molecule has 2 saturated carbocycles. The van der Waals surface area contributed by atoms with Crippen LogP contribution in [-0.4, -0.2) is 23.3 Å². The Morgan fingerprint density at radius 3 is 2.63 bits per heavy atom. The Morgan fingerprint density at radius 1 is 1.26 bits per heavy atom. The van der Waals surface area contributed by atoms with Gasteiger partial charge < -0.3 is 9.53 Å². The molecule has 1 saturated heterocycles. The van der Waals surface area contributed by atoms with Crippen molar-refractivity contribution in [3.8, 4) is 0 Å². The van der Waals surface area contributed by atoms with Gasteiger partial charge in [0.25, 0.3) is 0 Å². The molecule has 3 rings (SSSR count). The van der Waals surface area contributed by atoms with Crippen molar-refractivity contribution < 1.29 is 14.3 Å². The molecule has 3 nitrogen and oxygen atoms in total. The van der Waals surface area contributed by atoms with Crippen LogP contribution in [0.2, 0.25) is 0 Å². The number of fused-ring (bicyclic) bond motifs is 1. The lowest BCUT2D eigenvalue weighted by Gasteiger charge is -2.52. The lowest BCUT2D eigenvalue weighted by Crippen LogP contribution is -2.59. The van der Waals surface area contributed by atoms with Crippen molar-refractivity contribution >= 4 is 12.1 Å². The van der Waals surface area contributed by atoms with Crippen LogP contribution in [0, 0.1) is 17.3 Å². The van der Waals surface area contributed by atoms with E-state index >= 15 is 0 Å². The maximum absolute atomic E-state index is 12.9. The Balaban J connectivity index is 2.01. The third-order valence-corrected chi connectivity index (χ3v) is 6.17. The molecule has 0 amide bonds. The van der Waals surface area contributed by atoms with Gasteiger partial charge in [-0.2, -0.15) is 0 Å². The standard InChI is InChI=1S/C16H24O3/c1-14(2)12-5-8-15(3)7-4-11(6-9-17)13(18)16(15,10-12)19-14/h9,11-12H,4-8,10H2,1-3H3/t11-,12?,15-,16-/m0/s1. The molecule has 1 spiro atoms. The van der Waals surface area contributed by atoms with Gasteiger partial charge in [0.2, 0.25) is 0 Å². The second-order valence-electron chi connectivity index (χ2n) is 7.54. The van der Waals surface area contributed by atoms with Crippen LogP contribution < -0.4 is 0 Å². The Kier molecular flexibility index (Phi) is 2.73. The number of aldehydes is 1. The van der Waals surface area contributed by atoms with Gasteiger partial charge >= 0.3 is 0 Å². The van der Waals surface area contributed by atoms with Crippen LogP contribution in [-0.2, 0) is 14.3 Å². The van der Waals surface area contributed by atoms with E-state index in [-0.39, 0.29) is 22.7 Å². The van der Waals surface area contributed by atoms with Crippen molar-refractivity contribution in [1.29, 1.82) is 0 Å². The van der Waals surface area contributed by atoms with Gasteiger partial charge in [-0.25, -0.2) is 0 Å². The Bertz CT molecular complexity index is 428. The zero-order valence-electron chi connectivity index (χ0n) is 12.2. The minimum atomic E-state index is -0.606. The van der Waals surface area contributed by atoms with Crippen LogP contribution in [0.15, 0.2) is 0 Å². The highest BCUT2D eigenvalue weighted by Crippen LogP contribution is 2.63. The minimum absolute atomic E-state index is 0.0201. The molecule has 1 unspecified atom stereocenters. The van der Waals surface area contributed by atoms with Crippen molar-refractivity contribution in [2.75, 3.05) is 0 Å². The monoisotopic (exact) mass is 264 g/mol. The number of rotatable bonds is 2. The largest absolute Gasteiger partial charge is 0.360 e. The van der Waals surface area contributed by atoms with E-state index in [4.69, 9.17) is 4.74 Å². The van der Waals surface area contributed by atoms with Crippen molar-refractivity contribution in [1.82, 2.24) is 0 Å². The lowest BCUT2D eigenvalue weighted by molar-refractivity contribution is -0.187. The molecule has 1 aliphatic heterocycles. The van der Waals surface area contributed by atoms with E-state index in [0.717, 1.165) is 38.4 Å². The zero-order chi connectivity index (χ0) is 13.9. The van der Waals surface area contributed by atoms with Crippen molar-refractivity contribution in [3.05, 3.63) is 0 Å². The molecule has 2 bridgehead atoms. The van der Waals surface area contributed by atoms with Crippen LogP contribution in [0.1, 0.15) is 59.3 Å². The van der Waals surface area contributed by atoms with E-state index < -0.39 is 5.60 Å². The smallest absolute Gasteiger partial charge is 0.168 e. The lowest BCUT2D eigenvalue weighted by atomic mass is 9.53. The van der Waals surface area contributed by atoms with Gasteiger partial charge in [0.15, 0.2) is 5.78 Å². The van der Waals surface area contributed by atoms with E-state index in [0.29, 0.717) is 12.3 Å². The first kappa shape index (κ1) is 13.3. The summed E-state index contributed by atoms with van der Waals surface area (Å²) in [6.07, 6.45) is 6.24. The van der Waals surface area contributed by atoms with Gasteiger partial charge in [-0.15, -0.1) is 0 Å². The topological polar surface area (TPSA) is 43.4 Å². The van der Waals surface area contributed by atoms with Crippen molar-refractivity contribution in [3.63, 3.8) is 0 Å². The van der Waals surface area contributed by atoms with Gasteiger partial charge in [-0.3, -0.25) is 4.79 Å². The predicted octanol–water partition coefficient (Wildman–Crippen LogP) is 2.91. The summed E-state index contributed by atoms with van der Waals surface area (Å²) < 4.78 is 6.39. The molecular formula is C16H24O3. The summed E-state index contributed by atoms with van der Waals surface area (Å²) in [5.41, 5.74) is -0.824. The Hall–Kier alpha value is -0.700. The summed E-state index contributed by atoms with van der Waals surface area (Å²) in [6, 6.07) is 0. The molecule has 4 atom stereocenters. The molecule has 19 heavy (non-hydrogen) atoms. The summed E-state index contributed by atoms with van der Waals surface area (Å²) in [5, 5.41) is 0. The number of hydrogen-bond donors (Lipinski definition) is 0. The zero-order valence-corrected chi connectivity index (χ0v) is 12.2. The molecule has 0 aromatic heterocycles. The molecule has 2 aliphatic carbocycles. The first-order valence-electron chi connectivity index (χ1n) is 7.53. The number of carbonyl (C=O) groups is 2. The molecule has 0 aromatic carbocycles. The van der Waals surface area contributed by atoms with E-state index in [1.807, 2.05) is 0 Å². The molecule has 0 aromatic rings. The van der Waals surface area contributed by atoms with E-state index in [9.17, 15) is 9.59 Å². The highest BCUT2D eigenvalue weighted by Gasteiger charge is 2.68. The number of hydrogen-bond acceptors (Lipinski definition) is 3. The van der Waals surface area contributed by atoms with E-state index in [2.05, 4.69) is 20.8 Å². The Morgan fingerprint density at radius 2 is 1.95 bits per heavy atom.